The fourth-order valence-corrected chi connectivity index (χ4v) is 2.28. The van der Waals surface area contributed by atoms with Gasteiger partial charge in [0.25, 0.3) is 0 Å². The molecular formula is C18H21F3IN3. The van der Waals surface area contributed by atoms with Crippen molar-refractivity contribution in [2.24, 2.45) is 4.99 Å². The van der Waals surface area contributed by atoms with Crippen LogP contribution in [0.3, 0.4) is 0 Å². The quantitative estimate of drug-likeness (QED) is 0.390. The largest absolute Gasteiger partial charge is 0.356 e. The van der Waals surface area contributed by atoms with E-state index in [0.717, 1.165) is 18.1 Å². The van der Waals surface area contributed by atoms with Crippen LogP contribution in [0.5, 0.6) is 0 Å². The van der Waals surface area contributed by atoms with Gasteiger partial charge in [-0.3, -0.25) is 4.99 Å². The first-order valence-corrected chi connectivity index (χ1v) is 7.71. The summed E-state index contributed by atoms with van der Waals surface area (Å²) in [6, 6.07) is 9.83. The van der Waals surface area contributed by atoms with Crippen LogP contribution < -0.4 is 10.6 Å². The second kappa shape index (κ2) is 11.0. The van der Waals surface area contributed by atoms with E-state index in [1.165, 1.54) is 24.3 Å². The molecule has 0 radical (unpaired) electrons. The topological polar surface area (TPSA) is 36.4 Å². The summed E-state index contributed by atoms with van der Waals surface area (Å²) < 4.78 is 39.1. The van der Waals surface area contributed by atoms with Crippen molar-refractivity contribution in [2.45, 2.75) is 12.8 Å². The molecule has 0 aliphatic heterocycles. The van der Waals surface area contributed by atoms with Crippen LogP contribution in [0, 0.1) is 17.5 Å². The van der Waals surface area contributed by atoms with Gasteiger partial charge >= 0.3 is 0 Å². The third-order valence-corrected chi connectivity index (χ3v) is 3.47. The average molecular weight is 463 g/mol. The molecule has 0 saturated carbocycles. The van der Waals surface area contributed by atoms with Crippen molar-refractivity contribution in [3.05, 3.63) is 71.0 Å². The predicted octanol–water partition coefficient (Wildman–Crippen LogP) is 3.67. The monoisotopic (exact) mass is 463 g/mol. The molecule has 2 N–H and O–H groups in total. The van der Waals surface area contributed by atoms with Gasteiger partial charge < -0.3 is 10.6 Å². The molecule has 0 aliphatic rings. The van der Waals surface area contributed by atoms with Gasteiger partial charge in [-0.05, 0) is 48.2 Å². The van der Waals surface area contributed by atoms with Crippen LogP contribution in [0.2, 0.25) is 0 Å². The molecule has 0 fully saturated rings. The highest BCUT2D eigenvalue weighted by Gasteiger charge is 2.02. The molecule has 0 heterocycles. The number of halogens is 4. The summed E-state index contributed by atoms with van der Waals surface area (Å²) in [4.78, 5) is 4.09. The average Bonchev–Trinajstić information content (AvgIpc) is 2.54. The lowest BCUT2D eigenvalue weighted by Gasteiger charge is -2.12. The Hall–Kier alpha value is -1.77. The second-order valence-corrected chi connectivity index (χ2v) is 5.33. The lowest BCUT2D eigenvalue weighted by atomic mass is 10.1. The number of nitrogens with one attached hydrogen (secondary N) is 2. The predicted molar refractivity (Wildman–Crippen MR) is 105 cm³/mol. The minimum Gasteiger partial charge on any atom is -0.356 e. The smallest absolute Gasteiger partial charge is 0.190 e. The first-order valence-electron chi connectivity index (χ1n) is 7.71. The van der Waals surface area contributed by atoms with Crippen LogP contribution >= 0.6 is 24.0 Å². The minimum atomic E-state index is -0.577. The van der Waals surface area contributed by atoms with Gasteiger partial charge in [0.05, 0.1) is 0 Å². The van der Waals surface area contributed by atoms with Gasteiger partial charge in [0.1, 0.15) is 17.5 Å². The molecule has 7 heteroatoms. The van der Waals surface area contributed by atoms with Gasteiger partial charge in [0.15, 0.2) is 5.96 Å². The van der Waals surface area contributed by atoms with Crippen molar-refractivity contribution in [3.63, 3.8) is 0 Å². The highest BCUT2D eigenvalue weighted by atomic mass is 127. The van der Waals surface area contributed by atoms with Crippen LogP contribution in [-0.4, -0.2) is 26.1 Å². The zero-order valence-electron chi connectivity index (χ0n) is 13.9. The summed E-state index contributed by atoms with van der Waals surface area (Å²) in [7, 11) is 1.65. The summed E-state index contributed by atoms with van der Waals surface area (Å²) >= 11 is 0. The molecular weight excluding hydrogens is 442 g/mol. The molecule has 0 aliphatic carbocycles. The number of nitrogens with zero attached hydrogens (tertiary/aromatic N) is 1. The number of guanidine groups is 1. The molecule has 3 nitrogen and oxygen atoms in total. The summed E-state index contributed by atoms with van der Waals surface area (Å²) in [5.41, 5.74) is 1.61. The Labute approximate surface area is 162 Å². The van der Waals surface area contributed by atoms with Crippen molar-refractivity contribution in [2.75, 3.05) is 20.1 Å². The van der Waals surface area contributed by atoms with E-state index in [0.29, 0.717) is 31.0 Å². The number of aliphatic imine (C=N–C) groups is 1. The van der Waals surface area contributed by atoms with Crippen molar-refractivity contribution in [1.29, 1.82) is 0 Å². The number of hydrogen-bond donors (Lipinski definition) is 2. The molecule has 25 heavy (non-hydrogen) atoms. The Kier molecular flexibility index (Phi) is 9.33. The maximum atomic E-state index is 13.1. The molecule has 0 aromatic heterocycles. The second-order valence-electron chi connectivity index (χ2n) is 5.33. The van der Waals surface area contributed by atoms with E-state index in [9.17, 15) is 13.2 Å². The highest BCUT2D eigenvalue weighted by Crippen LogP contribution is 2.08. The zero-order chi connectivity index (χ0) is 17.4. The van der Waals surface area contributed by atoms with E-state index in [1.807, 2.05) is 0 Å². The Morgan fingerprint density at radius 2 is 1.32 bits per heavy atom. The van der Waals surface area contributed by atoms with Crippen molar-refractivity contribution in [3.8, 4) is 0 Å². The van der Waals surface area contributed by atoms with Crippen LogP contribution in [0.4, 0.5) is 13.2 Å². The van der Waals surface area contributed by atoms with E-state index < -0.39 is 11.6 Å². The van der Waals surface area contributed by atoms with Crippen molar-refractivity contribution < 1.29 is 13.2 Å². The van der Waals surface area contributed by atoms with Crippen LogP contribution in [0.15, 0.2) is 47.5 Å². The molecule has 0 unspecified atom stereocenters. The molecule has 2 aromatic carbocycles. The first kappa shape index (κ1) is 21.3. The normalized spacial score (nSPS) is 11.0. The SMILES string of the molecule is CN=C(NCCc1ccc(F)cc1)NCCc1cc(F)cc(F)c1.I. The summed E-state index contributed by atoms with van der Waals surface area (Å²) in [6.07, 6.45) is 1.21. The van der Waals surface area contributed by atoms with Crippen LogP contribution in [0.1, 0.15) is 11.1 Å². The molecule has 2 rings (SSSR count). The van der Waals surface area contributed by atoms with Gasteiger partial charge in [0, 0.05) is 26.2 Å². The van der Waals surface area contributed by atoms with E-state index >= 15 is 0 Å². The first-order chi connectivity index (χ1) is 11.6. The summed E-state index contributed by atoms with van der Waals surface area (Å²) in [6.45, 7) is 1.14. The molecule has 0 bridgehead atoms. The summed E-state index contributed by atoms with van der Waals surface area (Å²) in [5.74, 6) is -0.800. The van der Waals surface area contributed by atoms with Crippen LogP contribution in [-0.2, 0) is 12.8 Å². The Morgan fingerprint density at radius 3 is 1.84 bits per heavy atom. The number of benzene rings is 2. The zero-order valence-corrected chi connectivity index (χ0v) is 16.2. The number of hydrogen-bond acceptors (Lipinski definition) is 1. The van der Waals surface area contributed by atoms with E-state index in [2.05, 4.69) is 15.6 Å². The lowest BCUT2D eigenvalue weighted by Crippen LogP contribution is -2.39. The highest BCUT2D eigenvalue weighted by molar-refractivity contribution is 14.0. The summed E-state index contributed by atoms with van der Waals surface area (Å²) in [5, 5.41) is 6.22. The van der Waals surface area contributed by atoms with Crippen molar-refractivity contribution in [1.82, 2.24) is 10.6 Å². The Bertz CT molecular complexity index is 670. The maximum Gasteiger partial charge on any atom is 0.190 e. The fourth-order valence-electron chi connectivity index (χ4n) is 2.28. The van der Waals surface area contributed by atoms with E-state index in [-0.39, 0.29) is 29.8 Å². The lowest BCUT2D eigenvalue weighted by molar-refractivity contribution is 0.579. The third kappa shape index (κ3) is 7.76. The molecule has 0 spiro atoms. The van der Waals surface area contributed by atoms with Gasteiger partial charge in [-0.2, -0.15) is 0 Å². The fraction of sp³-hybridized carbons (Fsp3) is 0.278. The van der Waals surface area contributed by atoms with Gasteiger partial charge in [0.2, 0.25) is 0 Å². The maximum absolute atomic E-state index is 13.1. The van der Waals surface area contributed by atoms with E-state index in [4.69, 9.17) is 0 Å². The minimum absolute atomic E-state index is 0. The van der Waals surface area contributed by atoms with E-state index in [1.54, 1.807) is 19.2 Å². The number of rotatable bonds is 6. The molecule has 2 aromatic rings. The Balaban J connectivity index is 0.00000312. The Morgan fingerprint density at radius 1 is 0.800 bits per heavy atom. The molecule has 0 amide bonds. The van der Waals surface area contributed by atoms with Crippen LogP contribution in [0.25, 0.3) is 0 Å². The standard InChI is InChI=1S/C18H20F3N3.HI/c1-22-18(23-8-6-13-2-4-15(19)5-3-13)24-9-7-14-10-16(20)12-17(21)11-14;/h2-5,10-12H,6-9H2,1H3,(H2,22,23,24);1H. The van der Waals surface area contributed by atoms with Crippen molar-refractivity contribution >= 4 is 29.9 Å². The molecule has 0 atom stereocenters. The van der Waals surface area contributed by atoms with Gasteiger partial charge in [-0.25, -0.2) is 13.2 Å². The van der Waals surface area contributed by atoms with Gasteiger partial charge in [-0.15, -0.1) is 24.0 Å². The third-order valence-electron chi connectivity index (χ3n) is 3.47. The van der Waals surface area contributed by atoms with Gasteiger partial charge in [-0.1, -0.05) is 12.1 Å². The molecule has 0 saturated heterocycles. The molecule has 136 valence electrons.